The predicted molar refractivity (Wildman–Crippen MR) is 50.9 cm³/mol. The van der Waals surface area contributed by atoms with E-state index in [0.717, 1.165) is 18.4 Å². The van der Waals surface area contributed by atoms with E-state index in [1.54, 1.807) is 0 Å². The van der Waals surface area contributed by atoms with E-state index in [9.17, 15) is 4.79 Å². The average Bonchev–Trinajstić information content (AvgIpc) is 2.00. The van der Waals surface area contributed by atoms with Crippen LogP contribution < -0.4 is 0 Å². The molecule has 0 heterocycles. The van der Waals surface area contributed by atoms with Crippen LogP contribution >= 0.6 is 0 Å². The Labute approximate surface area is 74.9 Å². The summed E-state index contributed by atoms with van der Waals surface area (Å²) in [5.74, 6) is 1.44. The van der Waals surface area contributed by atoms with Crippen LogP contribution in [0.15, 0.2) is 12.2 Å². The zero-order chi connectivity index (χ0) is 9.30. The maximum Gasteiger partial charge on any atom is 0.161 e. The number of hydrogen-bond donors (Lipinski definition) is 0. The van der Waals surface area contributed by atoms with Crippen LogP contribution in [-0.2, 0) is 4.79 Å². The third-order valence-corrected chi connectivity index (χ3v) is 2.96. The van der Waals surface area contributed by atoms with Crippen molar-refractivity contribution in [1.29, 1.82) is 0 Å². The Bertz CT molecular complexity index is 203. The molecule has 0 saturated heterocycles. The van der Waals surface area contributed by atoms with Crippen LogP contribution in [0.4, 0.5) is 0 Å². The van der Waals surface area contributed by atoms with Crippen LogP contribution in [0.2, 0.25) is 0 Å². The Morgan fingerprint density at radius 1 is 1.42 bits per heavy atom. The van der Waals surface area contributed by atoms with Crippen LogP contribution in [0, 0.1) is 17.8 Å². The highest BCUT2D eigenvalue weighted by Crippen LogP contribution is 2.32. The summed E-state index contributed by atoms with van der Waals surface area (Å²) < 4.78 is 0. The number of Topliss-reactive ketones (excluding diaryl/α,β-unsaturated/α-hetero) is 1. The molecule has 0 aromatic heterocycles. The molecule has 0 spiro atoms. The van der Waals surface area contributed by atoms with Gasteiger partial charge in [0.05, 0.1) is 0 Å². The largest absolute Gasteiger partial charge is 0.294 e. The second kappa shape index (κ2) is 3.42. The molecule has 1 heteroatoms. The van der Waals surface area contributed by atoms with E-state index in [2.05, 4.69) is 27.4 Å². The Morgan fingerprint density at radius 3 is 2.50 bits per heavy atom. The number of carbonyl (C=O) groups excluding carboxylic acids is 1. The van der Waals surface area contributed by atoms with Crippen molar-refractivity contribution >= 4 is 5.78 Å². The fraction of sp³-hybridized carbons (Fsp3) is 0.727. The molecule has 0 unspecified atom stereocenters. The van der Waals surface area contributed by atoms with E-state index < -0.39 is 0 Å². The van der Waals surface area contributed by atoms with Crippen LogP contribution in [0.3, 0.4) is 0 Å². The summed E-state index contributed by atoms with van der Waals surface area (Å²) in [5.41, 5.74) is 0.847. The van der Waals surface area contributed by atoms with E-state index in [0.29, 0.717) is 17.6 Å². The third-order valence-electron chi connectivity index (χ3n) is 2.96. The van der Waals surface area contributed by atoms with Gasteiger partial charge in [0, 0.05) is 5.92 Å². The van der Waals surface area contributed by atoms with E-state index >= 15 is 0 Å². The summed E-state index contributed by atoms with van der Waals surface area (Å²) in [5, 5.41) is 0. The van der Waals surface area contributed by atoms with Gasteiger partial charge < -0.3 is 0 Å². The fourth-order valence-corrected chi connectivity index (χ4v) is 1.85. The molecule has 0 amide bonds. The van der Waals surface area contributed by atoms with Gasteiger partial charge in [0.1, 0.15) is 0 Å². The van der Waals surface area contributed by atoms with Gasteiger partial charge in [-0.05, 0) is 30.3 Å². The molecule has 0 N–H and O–H groups in total. The average molecular weight is 166 g/mol. The van der Waals surface area contributed by atoms with Crippen molar-refractivity contribution < 1.29 is 4.79 Å². The summed E-state index contributed by atoms with van der Waals surface area (Å²) in [6.45, 7) is 10.2. The lowest BCUT2D eigenvalue weighted by Gasteiger charge is -2.29. The van der Waals surface area contributed by atoms with Crippen molar-refractivity contribution in [2.75, 3.05) is 0 Å². The number of rotatable bonds is 1. The Balaban J connectivity index is 2.72. The van der Waals surface area contributed by atoms with E-state index in [1.807, 2.05) is 0 Å². The molecular weight excluding hydrogens is 148 g/mol. The minimum Gasteiger partial charge on any atom is -0.294 e. The normalized spacial score (nSPS) is 31.3. The third kappa shape index (κ3) is 1.60. The molecule has 0 aromatic rings. The molecule has 2 atom stereocenters. The lowest BCUT2D eigenvalue weighted by atomic mass is 9.74. The van der Waals surface area contributed by atoms with Gasteiger partial charge >= 0.3 is 0 Å². The molecule has 0 aromatic carbocycles. The quantitative estimate of drug-likeness (QED) is 0.547. The maximum absolute atomic E-state index is 11.7. The monoisotopic (exact) mass is 166 g/mol. The van der Waals surface area contributed by atoms with Gasteiger partial charge in [0.15, 0.2) is 5.78 Å². The smallest absolute Gasteiger partial charge is 0.161 e. The van der Waals surface area contributed by atoms with E-state index in [1.165, 1.54) is 0 Å². The second-order valence-corrected chi connectivity index (χ2v) is 4.22. The van der Waals surface area contributed by atoms with Gasteiger partial charge in [-0.25, -0.2) is 0 Å². The number of allylic oxidation sites excluding steroid dienone is 1. The molecule has 0 bridgehead atoms. The van der Waals surface area contributed by atoms with Crippen molar-refractivity contribution in [3.8, 4) is 0 Å². The first-order chi connectivity index (χ1) is 5.54. The molecule has 1 rings (SSSR count). The Morgan fingerprint density at radius 2 is 2.00 bits per heavy atom. The first-order valence-electron chi connectivity index (χ1n) is 4.77. The van der Waals surface area contributed by atoms with Gasteiger partial charge in [0.25, 0.3) is 0 Å². The fourth-order valence-electron chi connectivity index (χ4n) is 1.85. The zero-order valence-corrected chi connectivity index (χ0v) is 8.26. The molecule has 1 fully saturated rings. The first-order valence-corrected chi connectivity index (χ1v) is 4.77. The van der Waals surface area contributed by atoms with Gasteiger partial charge in [-0.3, -0.25) is 4.79 Å². The van der Waals surface area contributed by atoms with Crippen LogP contribution in [0.5, 0.6) is 0 Å². The van der Waals surface area contributed by atoms with Crippen LogP contribution in [0.1, 0.15) is 33.6 Å². The summed E-state index contributed by atoms with van der Waals surface area (Å²) in [4.78, 5) is 11.7. The molecule has 1 saturated carbocycles. The number of ketones is 1. The van der Waals surface area contributed by atoms with Crippen molar-refractivity contribution in [2.24, 2.45) is 17.8 Å². The second-order valence-electron chi connectivity index (χ2n) is 4.22. The molecule has 68 valence electrons. The minimum atomic E-state index is 0.244. The maximum atomic E-state index is 11.7. The molecule has 1 aliphatic rings. The summed E-state index contributed by atoms with van der Waals surface area (Å²) in [6, 6.07) is 0. The van der Waals surface area contributed by atoms with Crippen molar-refractivity contribution in [3.63, 3.8) is 0 Å². The van der Waals surface area contributed by atoms with Crippen LogP contribution in [0.25, 0.3) is 0 Å². The SMILES string of the molecule is C=C1C(=O)[C@@H](C(C)C)CC[C@@H]1C. The topological polar surface area (TPSA) is 17.1 Å². The molecule has 0 radical (unpaired) electrons. The number of carbonyl (C=O) groups is 1. The Hall–Kier alpha value is -0.590. The highest BCUT2D eigenvalue weighted by Gasteiger charge is 2.31. The van der Waals surface area contributed by atoms with E-state index in [-0.39, 0.29) is 5.92 Å². The molecular formula is C11H18O. The summed E-state index contributed by atoms with van der Waals surface area (Å²) in [6.07, 6.45) is 2.18. The van der Waals surface area contributed by atoms with Gasteiger partial charge in [0.2, 0.25) is 0 Å². The minimum absolute atomic E-state index is 0.244. The van der Waals surface area contributed by atoms with Gasteiger partial charge in [-0.1, -0.05) is 27.4 Å². The van der Waals surface area contributed by atoms with Gasteiger partial charge in [-0.15, -0.1) is 0 Å². The highest BCUT2D eigenvalue weighted by atomic mass is 16.1. The van der Waals surface area contributed by atoms with E-state index in [4.69, 9.17) is 0 Å². The lowest BCUT2D eigenvalue weighted by Crippen LogP contribution is -2.29. The molecule has 1 aliphatic carbocycles. The predicted octanol–water partition coefficient (Wildman–Crippen LogP) is 2.81. The lowest BCUT2D eigenvalue weighted by molar-refractivity contribution is -0.122. The summed E-state index contributed by atoms with van der Waals surface area (Å²) in [7, 11) is 0. The van der Waals surface area contributed by atoms with Crippen LogP contribution in [-0.4, -0.2) is 5.78 Å². The zero-order valence-electron chi connectivity index (χ0n) is 8.26. The van der Waals surface area contributed by atoms with Crippen molar-refractivity contribution in [3.05, 3.63) is 12.2 Å². The molecule has 0 aliphatic heterocycles. The van der Waals surface area contributed by atoms with Crippen molar-refractivity contribution in [2.45, 2.75) is 33.6 Å². The number of hydrogen-bond acceptors (Lipinski definition) is 1. The standard InChI is InChI=1S/C11H18O/c1-7(2)10-6-5-8(3)9(4)11(10)12/h7-8,10H,4-6H2,1-3H3/t8-,10+/m0/s1. The molecule has 12 heavy (non-hydrogen) atoms. The summed E-state index contributed by atoms with van der Waals surface area (Å²) >= 11 is 0. The first kappa shape index (κ1) is 9.50. The Kier molecular flexibility index (Phi) is 2.71. The molecule has 1 nitrogen and oxygen atoms in total. The highest BCUT2D eigenvalue weighted by molar-refractivity contribution is 5.97. The van der Waals surface area contributed by atoms with Gasteiger partial charge in [-0.2, -0.15) is 0 Å². The van der Waals surface area contributed by atoms with Crippen molar-refractivity contribution in [1.82, 2.24) is 0 Å².